The minimum absolute atomic E-state index is 0. The fraction of sp³-hybridized carbons (Fsp3) is 0.706. The molecule has 4 unspecified atom stereocenters. The fourth-order valence-corrected chi connectivity index (χ4v) is 4.06. The van der Waals surface area contributed by atoms with Crippen molar-refractivity contribution in [3.8, 4) is 0 Å². The van der Waals surface area contributed by atoms with Crippen molar-refractivity contribution < 1.29 is 14.3 Å². The minimum Gasteiger partial charge on any atom is -0.383 e. The van der Waals surface area contributed by atoms with Gasteiger partial charge in [-0.25, -0.2) is 0 Å². The van der Waals surface area contributed by atoms with Gasteiger partial charge in [-0.2, -0.15) is 0 Å². The van der Waals surface area contributed by atoms with Gasteiger partial charge in [-0.3, -0.25) is 19.5 Å². The molecule has 3 rings (SSSR count). The van der Waals surface area contributed by atoms with E-state index >= 15 is 0 Å². The van der Waals surface area contributed by atoms with E-state index < -0.39 is 0 Å². The Morgan fingerprint density at radius 1 is 1.24 bits per heavy atom. The second-order valence-electron chi connectivity index (χ2n) is 6.51. The molecule has 0 spiro atoms. The molecule has 2 amide bonds. The lowest BCUT2D eigenvalue weighted by Gasteiger charge is -2.18. The first kappa shape index (κ1) is 20.2. The van der Waals surface area contributed by atoms with Crippen LogP contribution in [0, 0.1) is 23.7 Å². The number of hydrogen-bond acceptors (Lipinski definition) is 4. The normalized spacial score (nSPS) is 29.8. The summed E-state index contributed by atoms with van der Waals surface area (Å²) >= 11 is 0. The number of nitrogens with one attached hydrogen (secondary N) is 2. The van der Waals surface area contributed by atoms with Crippen LogP contribution in [0.5, 0.6) is 0 Å². The number of methoxy groups -OCH3 is 1. The molecule has 0 aromatic heterocycles. The Morgan fingerprint density at radius 2 is 1.88 bits per heavy atom. The van der Waals surface area contributed by atoms with Gasteiger partial charge < -0.3 is 15.4 Å². The van der Waals surface area contributed by atoms with Gasteiger partial charge in [0.25, 0.3) is 0 Å². The highest BCUT2D eigenvalue weighted by Gasteiger charge is 2.58. The van der Waals surface area contributed by atoms with Crippen LogP contribution < -0.4 is 10.6 Å². The van der Waals surface area contributed by atoms with Crippen LogP contribution in [0.15, 0.2) is 17.1 Å². The summed E-state index contributed by atoms with van der Waals surface area (Å²) < 4.78 is 4.99. The molecular weight excluding hydrogens is 435 g/mol. The van der Waals surface area contributed by atoms with E-state index in [-0.39, 0.29) is 59.5 Å². The van der Waals surface area contributed by atoms with Gasteiger partial charge in [0.1, 0.15) is 0 Å². The van der Waals surface area contributed by atoms with Crippen molar-refractivity contribution in [2.45, 2.75) is 13.3 Å². The number of carbonyl (C=O) groups is 2. The van der Waals surface area contributed by atoms with Gasteiger partial charge in [0.15, 0.2) is 5.96 Å². The molecule has 0 aromatic rings. The lowest BCUT2D eigenvalue weighted by atomic mass is 9.85. The van der Waals surface area contributed by atoms with Gasteiger partial charge in [-0.1, -0.05) is 12.2 Å². The molecule has 25 heavy (non-hydrogen) atoms. The average molecular weight is 462 g/mol. The molecule has 2 bridgehead atoms. The van der Waals surface area contributed by atoms with E-state index in [4.69, 9.17) is 4.74 Å². The molecule has 2 aliphatic carbocycles. The zero-order chi connectivity index (χ0) is 17.1. The molecule has 7 nitrogen and oxygen atoms in total. The molecule has 1 saturated heterocycles. The van der Waals surface area contributed by atoms with Crippen LogP contribution in [0.3, 0.4) is 0 Å². The predicted molar refractivity (Wildman–Crippen MR) is 106 cm³/mol. The summed E-state index contributed by atoms with van der Waals surface area (Å²) in [5.41, 5.74) is 0. The molecule has 0 radical (unpaired) electrons. The number of nitrogens with zero attached hydrogens (tertiary/aromatic N) is 2. The molecule has 1 heterocycles. The van der Waals surface area contributed by atoms with E-state index in [0.29, 0.717) is 32.2 Å². The minimum atomic E-state index is -0.115. The van der Waals surface area contributed by atoms with Crippen LogP contribution in [0.2, 0.25) is 0 Å². The number of hydrogen-bond donors (Lipinski definition) is 2. The maximum atomic E-state index is 12.6. The summed E-state index contributed by atoms with van der Waals surface area (Å²) in [5.74, 6) is 0.988. The predicted octanol–water partition coefficient (Wildman–Crippen LogP) is 0.613. The molecular formula is C17H27IN4O3. The van der Waals surface area contributed by atoms with E-state index in [0.717, 1.165) is 13.0 Å². The Kier molecular flexibility index (Phi) is 7.24. The van der Waals surface area contributed by atoms with Crippen molar-refractivity contribution in [3.05, 3.63) is 12.2 Å². The number of allylic oxidation sites excluding steroid dienone is 2. The van der Waals surface area contributed by atoms with Crippen molar-refractivity contribution >= 4 is 41.8 Å². The van der Waals surface area contributed by atoms with E-state index in [9.17, 15) is 9.59 Å². The van der Waals surface area contributed by atoms with Gasteiger partial charge in [-0.05, 0) is 25.2 Å². The van der Waals surface area contributed by atoms with Crippen molar-refractivity contribution in [1.82, 2.24) is 15.5 Å². The maximum Gasteiger partial charge on any atom is 0.233 e. The average Bonchev–Trinajstić information content (AvgIpc) is 3.24. The van der Waals surface area contributed by atoms with Gasteiger partial charge in [0.05, 0.1) is 25.0 Å². The van der Waals surface area contributed by atoms with Gasteiger partial charge in [-0.15, -0.1) is 24.0 Å². The topological polar surface area (TPSA) is 83.0 Å². The monoisotopic (exact) mass is 462 g/mol. The summed E-state index contributed by atoms with van der Waals surface area (Å²) in [6, 6.07) is 0. The summed E-state index contributed by atoms with van der Waals surface area (Å²) in [6.45, 7) is 4.74. The zero-order valence-corrected chi connectivity index (χ0v) is 17.1. The molecule has 2 fully saturated rings. The van der Waals surface area contributed by atoms with Crippen LogP contribution in [-0.2, 0) is 14.3 Å². The molecule has 1 aliphatic heterocycles. The third kappa shape index (κ3) is 3.99. The quantitative estimate of drug-likeness (QED) is 0.145. The Hall–Kier alpha value is -1.16. The van der Waals surface area contributed by atoms with E-state index in [2.05, 4.69) is 27.8 Å². The first-order chi connectivity index (χ1) is 11.7. The molecule has 1 saturated carbocycles. The zero-order valence-electron chi connectivity index (χ0n) is 14.7. The Labute approximate surface area is 165 Å². The molecule has 2 N–H and O–H groups in total. The highest BCUT2D eigenvalue weighted by atomic mass is 127. The van der Waals surface area contributed by atoms with Crippen LogP contribution in [0.4, 0.5) is 0 Å². The van der Waals surface area contributed by atoms with Crippen molar-refractivity contribution in [3.63, 3.8) is 0 Å². The Morgan fingerprint density at radius 3 is 2.44 bits per heavy atom. The largest absolute Gasteiger partial charge is 0.383 e. The van der Waals surface area contributed by atoms with Crippen LogP contribution in [0.25, 0.3) is 0 Å². The number of halogens is 1. The second-order valence-corrected chi connectivity index (χ2v) is 6.51. The summed E-state index contributed by atoms with van der Waals surface area (Å²) in [4.78, 5) is 31.0. The Bertz CT molecular complexity index is 536. The highest BCUT2D eigenvalue weighted by Crippen LogP contribution is 2.52. The molecule has 0 aromatic carbocycles. The second kappa shape index (κ2) is 8.98. The lowest BCUT2D eigenvalue weighted by Crippen LogP contribution is -2.43. The smallest absolute Gasteiger partial charge is 0.233 e. The third-order valence-electron chi connectivity index (χ3n) is 5.10. The summed E-state index contributed by atoms with van der Waals surface area (Å²) in [7, 11) is 1.64. The number of likely N-dealkylation sites (tertiary alicyclic amines) is 1. The number of imide groups is 1. The van der Waals surface area contributed by atoms with E-state index in [1.807, 2.05) is 6.92 Å². The Balaban J connectivity index is 0.00000225. The van der Waals surface area contributed by atoms with Gasteiger partial charge in [0.2, 0.25) is 11.8 Å². The molecule has 4 atom stereocenters. The third-order valence-corrected chi connectivity index (χ3v) is 5.10. The highest BCUT2D eigenvalue weighted by molar-refractivity contribution is 14.0. The maximum absolute atomic E-state index is 12.6. The number of amides is 2. The van der Waals surface area contributed by atoms with Crippen molar-refractivity contribution in [2.75, 3.05) is 39.9 Å². The van der Waals surface area contributed by atoms with Gasteiger partial charge >= 0.3 is 0 Å². The number of fused-ring (bicyclic) bond motifs is 5. The SMILES string of the molecule is CCNC(=NCCOC)NCCN1C(=O)C2C3C=CC(C3)C2C1=O.I. The standard InChI is InChI=1S/C17H26N4O3.HI/c1-3-18-17(20-7-9-24-2)19-6-8-21-15(22)13-11-4-5-12(10-11)14(13)16(21)23;/h4-5,11-14H,3,6-10H2,1-2H3,(H2,18,19,20);1H. The van der Waals surface area contributed by atoms with Crippen molar-refractivity contribution in [1.29, 1.82) is 0 Å². The van der Waals surface area contributed by atoms with Crippen LogP contribution in [0.1, 0.15) is 13.3 Å². The lowest BCUT2D eigenvalue weighted by molar-refractivity contribution is -0.140. The summed E-state index contributed by atoms with van der Waals surface area (Å²) in [6.07, 6.45) is 5.20. The molecule has 140 valence electrons. The number of aliphatic imine (C=N–C) groups is 1. The number of guanidine groups is 1. The number of ether oxygens (including phenoxy) is 1. The van der Waals surface area contributed by atoms with Gasteiger partial charge in [0, 0.05) is 26.7 Å². The summed E-state index contributed by atoms with van der Waals surface area (Å²) in [5, 5.41) is 6.31. The number of rotatable bonds is 7. The van der Waals surface area contributed by atoms with E-state index in [1.165, 1.54) is 4.90 Å². The fourth-order valence-electron chi connectivity index (χ4n) is 4.06. The first-order valence-corrected chi connectivity index (χ1v) is 8.72. The van der Waals surface area contributed by atoms with Crippen LogP contribution >= 0.6 is 24.0 Å². The van der Waals surface area contributed by atoms with Crippen molar-refractivity contribution in [2.24, 2.45) is 28.7 Å². The first-order valence-electron chi connectivity index (χ1n) is 8.72. The molecule has 8 heteroatoms. The molecule has 3 aliphatic rings. The number of carbonyl (C=O) groups excluding carboxylic acids is 2. The van der Waals surface area contributed by atoms with Crippen LogP contribution in [-0.4, -0.2) is 62.6 Å². The van der Waals surface area contributed by atoms with E-state index in [1.54, 1.807) is 7.11 Å².